The molecule has 1 aromatic rings. The fourth-order valence-electron chi connectivity index (χ4n) is 1.11. The van der Waals surface area contributed by atoms with Gasteiger partial charge in [0.15, 0.2) is 0 Å². The van der Waals surface area contributed by atoms with Crippen LogP contribution >= 0.6 is 11.6 Å². The summed E-state index contributed by atoms with van der Waals surface area (Å²) >= 11 is 5.57. The quantitative estimate of drug-likeness (QED) is 0.582. The number of hydrogen-bond acceptors (Lipinski definition) is 2. The topological polar surface area (TPSA) is 24.9 Å². The van der Waals surface area contributed by atoms with Gasteiger partial charge in [-0.05, 0) is 31.9 Å². The Hall–Kier alpha value is -0.760. The van der Waals surface area contributed by atoms with Crippen LogP contribution in [0.3, 0.4) is 0 Å². The zero-order chi connectivity index (χ0) is 9.52. The van der Waals surface area contributed by atoms with E-state index < -0.39 is 0 Å². The van der Waals surface area contributed by atoms with Gasteiger partial charge >= 0.3 is 0 Å². The van der Waals surface area contributed by atoms with Gasteiger partial charge in [-0.25, -0.2) is 0 Å². The number of aryl methyl sites for hydroxylation is 1. The largest absolute Gasteiger partial charge is 0.385 e. The van der Waals surface area contributed by atoms with Crippen molar-refractivity contribution in [3.05, 3.63) is 24.0 Å². The average molecular weight is 199 g/mol. The molecule has 0 radical (unpaired) electrons. The fourth-order valence-corrected chi connectivity index (χ4v) is 1.30. The molecule has 0 bridgehead atoms. The third-order valence-electron chi connectivity index (χ3n) is 1.79. The molecule has 13 heavy (non-hydrogen) atoms. The van der Waals surface area contributed by atoms with Crippen molar-refractivity contribution in [2.24, 2.45) is 0 Å². The highest BCUT2D eigenvalue weighted by atomic mass is 35.5. The van der Waals surface area contributed by atoms with Crippen LogP contribution in [0.5, 0.6) is 0 Å². The molecule has 3 heteroatoms. The number of rotatable bonds is 5. The van der Waals surface area contributed by atoms with Crippen molar-refractivity contribution >= 4 is 17.3 Å². The Morgan fingerprint density at radius 1 is 1.46 bits per heavy atom. The second kappa shape index (κ2) is 5.81. The predicted octanol–water partition coefficient (Wildman–Crippen LogP) is 2.82. The summed E-state index contributed by atoms with van der Waals surface area (Å²) in [4.78, 5) is 4.12. The van der Waals surface area contributed by atoms with Gasteiger partial charge in [-0.1, -0.05) is 0 Å². The molecule has 0 aliphatic rings. The smallest absolute Gasteiger partial charge is 0.0393 e. The first-order valence-corrected chi connectivity index (χ1v) is 5.09. The minimum absolute atomic E-state index is 0.747. The van der Waals surface area contributed by atoms with Crippen LogP contribution in [0.4, 0.5) is 5.69 Å². The first-order chi connectivity index (χ1) is 6.33. The molecule has 0 fully saturated rings. The molecular formula is C10H15ClN2. The summed E-state index contributed by atoms with van der Waals surface area (Å²) in [5.41, 5.74) is 2.18. The van der Waals surface area contributed by atoms with Crippen molar-refractivity contribution in [1.29, 1.82) is 0 Å². The number of anilines is 1. The van der Waals surface area contributed by atoms with Gasteiger partial charge in [0.1, 0.15) is 0 Å². The lowest BCUT2D eigenvalue weighted by molar-refractivity contribution is 0.839. The molecule has 0 spiro atoms. The third kappa shape index (κ3) is 4.13. The highest BCUT2D eigenvalue weighted by Crippen LogP contribution is 2.06. The van der Waals surface area contributed by atoms with Crippen LogP contribution in [0.15, 0.2) is 18.3 Å². The summed E-state index contributed by atoms with van der Waals surface area (Å²) in [5.74, 6) is 0.747. The SMILES string of the molecule is Cc1cc(NCCCCCl)ccn1. The van der Waals surface area contributed by atoms with Gasteiger partial charge in [-0.15, -0.1) is 11.6 Å². The highest BCUT2D eigenvalue weighted by Gasteiger charge is 1.91. The van der Waals surface area contributed by atoms with Gasteiger partial charge in [0.25, 0.3) is 0 Å². The monoisotopic (exact) mass is 198 g/mol. The van der Waals surface area contributed by atoms with E-state index in [1.54, 1.807) is 0 Å². The predicted molar refractivity (Wildman–Crippen MR) is 57.4 cm³/mol. The Morgan fingerprint density at radius 2 is 2.31 bits per heavy atom. The van der Waals surface area contributed by atoms with Gasteiger partial charge in [-0.2, -0.15) is 0 Å². The molecular weight excluding hydrogens is 184 g/mol. The molecule has 1 aromatic heterocycles. The van der Waals surface area contributed by atoms with Crippen molar-refractivity contribution in [2.45, 2.75) is 19.8 Å². The maximum atomic E-state index is 5.57. The van der Waals surface area contributed by atoms with Crippen LogP contribution in [-0.2, 0) is 0 Å². The van der Waals surface area contributed by atoms with E-state index in [1.165, 1.54) is 0 Å². The molecule has 1 N–H and O–H groups in total. The van der Waals surface area contributed by atoms with E-state index in [0.29, 0.717) is 0 Å². The minimum Gasteiger partial charge on any atom is -0.385 e. The zero-order valence-electron chi connectivity index (χ0n) is 7.89. The third-order valence-corrected chi connectivity index (χ3v) is 2.05. The Kier molecular flexibility index (Phi) is 4.61. The van der Waals surface area contributed by atoms with Gasteiger partial charge in [0.05, 0.1) is 0 Å². The van der Waals surface area contributed by atoms with Crippen LogP contribution in [-0.4, -0.2) is 17.4 Å². The number of nitrogens with one attached hydrogen (secondary N) is 1. The van der Waals surface area contributed by atoms with E-state index in [0.717, 1.165) is 36.6 Å². The zero-order valence-corrected chi connectivity index (χ0v) is 8.64. The molecule has 2 nitrogen and oxygen atoms in total. The number of nitrogens with zero attached hydrogens (tertiary/aromatic N) is 1. The lowest BCUT2D eigenvalue weighted by atomic mass is 10.3. The number of alkyl halides is 1. The van der Waals surface area contributed by atoms with Crippen LogP contribution in [0, 0.1) is 6.92 Å². The number of aromatic nitrogens is 1. The molecule has 1 rings (SSSR count). The van der Waals surface area contributed by atoms with Crippen LogP contribution < -0.4 is 5.32 Å². The van der Waals surface area contributed by atoms with Crippen molar-refractivity contribution in [2.75, 3.05) is 17.7 Å². The molecule has 0 saturated heterocycles. The van der Waals surface area contributed by atoms with E-state index in [9.17, 15) is 0 Å². The lowest BCUT2D eigenvalue weighted by Gasteiger charge is -2.05. The molecule has 1 heterocycles. The molecule has 0 aromatic carbocycles. The molecule has 0 aliphatic heterocycles. The molecule has 0 aliphatic carbocycles. The maximum Gasteiger partial charge on any atom is 0.0393 e. The van der Waals surface area contributed by atoms with Crippen molar-refractivity contribution in [3.63, 3.8) is 0 Å². The summed E-state index contributed by atoms with van der Waals surface area (Å²) in [5, 5.41) is 3.32. The van der Waals surface area contributed by atoms with E-state index in [-0.39, 0.29) is 0 Å². The van der Waals surface area contributed by atoms with E-state index >= 15 is 0 Å². The summed E-state index contributed by atoms with van der Waals surface area (Å²) in [7, 11) is 0. The summed E-state index contributed by atoms with van der Waals surface area (Å²) < 4.78 is 0. The molecule has 0 saturated carbocycles. The Bertz CT molecular complexity index is 250. The standard InChI is InChI=1S/C10H15ClN2/c1-9-8-10(4-7-12-9)13-6-3-2-5-11/h4,7-8H,2-3,5-6H2,1H3,(H,12,13). The normalized spacial score (nSPS) is 10.0. The van der Waals surface area contributed by atoms with Gasteiger partial charge in [0, 0.05) is 30.0 Å². The molecule has 0 unspecified atom stereocenters. The highest BCUT2D eigenvalue weighted by molar-refractivity contribution is 6.17. The average Bonchev–Trinajstić information content (AvgIpc) is 2.13. The lowest BCUT2D eigenvalue weighted by Crippen LogP contribution is -2.01. The van der Waals surface area contributed by atoms with Crippen molar-refractivity contribution < 1.29 is 0 Å². The van der Waals surface area contributed by atoms with Crippen molar-refractivity contribution in [1.82, 2.24) is 4.98 Å². The Balaban J connectivity index is 2.28. The second-order valence-corrected chi connectivity index (χ2v) is 3.39. The number of hydrogen-bond donors (Lipinski definition) is 1. The Labute approximate surface area is 84.3 Å². The number of halogens is 1. The first kappa shape index (κ1) is 10.3. The van der Waals surface area contributed by atoms with Crippen molar-refractivity contribution in [3.8, 4) is 0 Å². The van der Waals surface area contributed by atoms with Crippen LogP contribution in [0.2, 0.25) is 0 Å². The molecule has 72 valence electrons. The maximum absolute atomic E-state index is 5.57. The molecule has 0 amide bonds. The van der Waals surface area contributed by atoms with Gasteiger partial charge in [-0.3, -0.25) is 4.98 Å². The van der Waals surface area contributed by atoms with Crippen LogP contribution in [0.25, 0.3) is 0 Å². The second-order valence-electron chi connectivity index (χ2n) is 3.01. The first-order valence-electron chi connectivity index (χ1n) is 4.55. The molecule has 0 atom stereocenters. The Morgan fingerprint density at radius 3 is 3.00 bits per heavy atom. The number of unbranched alkanes of at least 4 members (excludes halogenated alkanes) is 1. The summed E-state index contributed by atoms with van der Waals surface area (Å²) in [6, 6.07) is 4.02. The number of pyridine rings is 1. The van der Waals surface area contributed by atoms with Gasteiger partial charge < -0.3 is 5.32 Å². The van der Waals surface area contributed by atoms with Crippen LogP contribution in [0.1, 0.15) is 18.5 Å². The summed E-state index contributed by atoms with van der Waals surface area (Å²) in [6.07, 6.45) is 4.00. The van der Waals surface area contributed by atoms with E-state index in [4.69, 9.17) is 11.6 Å². The summed E-state index contributed by atoms with van der Waals surface area (Å²) in [6.45, 7) is 2.97. The minimum atomic E-state index is 0.747. The van der Waals surface area contributed by atoms with E-state index in [2.05, 4.69) is 10.3 Å². The fraction of sp³-hybridized carbons (Fsp3) is 0.500. The van der Waals surface area contributed by atoms with E-state index in [1.807, 2.05) is 25.3 Å². The van der Waals surface area contributed by atoms with Gasteiger partial charge in [0.2, 0.25) is 0 Å².